The van der Waals surface area contributed by atoms with Crippen molar-refractivity contribution in [2.75, 3.05) is 13.1 Å². The SMILES string of the molecule is CC(C)(C)C1=CCN(C(=O)C2CCC(N)C2)CC1. The Kier molecular flexibility index (Phi) is 3.81. The third kappa shape index (κ3) is 2.94. The van der Waals surface area contributed by atoms with Crippen molar-refractivity contribution in [1.82, 2.24) is 4.90 Å². The van der Waals surface area contributed by atoms with E-state index in [1.165, 1.54) is 5.57 Å². The van der Waals surface area contributed by atoms with E-state index >= 15 is 0 Å². The highest BCUT2D eigenvalue weighted by molar-refractivity contribution is 5.79. The molecule has 2 rings (SSSR count). The van der Waals surface area contributed by atoms with Gasteiger partial charge in [0.25, 0.3) is 0 Å². The molecule has 1 saturated carbocycles. The standard InChI is InChI=1S/C15H26N2O/c1-15(2,3)12-6-8-17(9-7-12)14(18)11-4-5-13(16)10-11/h6,11,13H,4-5,7-10,16H2,1-3H3. The molecule has 0 aromatic rings. The molecule has 0 saturated heterocycles. The maximum absolute atomic E-state index is 12.3. The van der Waals surface area contributed by atoms with Crippen LogP contribution < -0.4 is 5.73 Å². The molecule has 0 aromatic carbocycles. The molecule has 1 aliphatic heterocycles. The maximum atomic E-state index is 12.3. The molecule has 1 aliphatic carbocycles. The van der Waals surface area contributed by atoms with Crippen LogP contribution in [0, 0.1) is 11.3 Å². The first-order chi connectivity index (χ1) is 8.38. The van der Waals surface area contributed by atoms with Gasteiger partial charge in [-0.1, -0.05) is 32.4 Å². The third-order valence-corrected chi connectivity index (χ3v) is 4.31. The zero-order valence-corrected chi connectivity index (χ0v) is 11.9. The fraction of sp³-hybridized carbons (Fsp3) is 0.800. The van der Waals surface area contributed by atoms with Crippen molar-refractivity contribution in [3.63, 3.8) is 0 Å². The van der Waals surface area contributed by atoms with E-state index in [-0.39, 0.29) is 17.4 Å². The van der Waals surface area contributed by atoms with Gasteiger partial charge in [-0.05, 0) is 31.1 Å². The van der Waals surface area contributed by atoms with Gasteiger partial charge in [0.2, 0.25) is 5.91 Å². The molecule has 3 heteroatoms. The van der Waals surface area contributed by atoms with Gasteiger partial charge in [0.15, 0.2) is 0 Å². The summed E-state index contributed by atoms with van der Waals surface area (Å²) in [6.45, 7) is 8.40. The van der Waals surface area contributed by atoms with Crippen LogP contribution in [0.15, 0.2) is 11.6 Å². The van der Waals surface area contributed by atoms with Crippen molar-refractivity contribution in [2.45, 2.75) is 52.5 Å². The molecular formula is C15H26N2O. The van der Waals surface area contributed by atoms with Crippen molar-refractivity contribution >= 4 is 5.91 Å². The van der Waals surface area contributed by atoms with Gasteiger partial charge < -0.3 is 10.6 Å². The number of carbonyl (C=O) groups excluding carboxylic acids is 1. The molecule has 18 heavy (non-hydrogen) atoms. The van der Waals surface area contributed by atoms with Crippen molar-refractivity contribution in [3.8, 4) is 0 Å². The van der Waals surface area contributed by atoms with E-state index < -0.39 is 0 Å². The van der Waals surface area contributed by atoms with Gasteiger partial charge in [-0.2, -0.15) is 0 Å². The molecule has 3 nitrogen and oxygen atoms in total. The van der Waals surface area contributed by atoms with Gasteiger partial charge >= 0.3 is 0 Å². The topological polar surface area (TPSA) is 46.3 Å². The fourth-order valence-corrected chi connectivity index (χ4v) is 3.05. The molecule has 2 atom stereocenters. The van der Waals surface area contributed by atoms with E-state index in [2.05, 4.69) is 26.8 Å². The highest BCUT2D eigenvalue weighted by atomic mass is 16.2. The highest BCUT2D eigenvalue weighted by Gasteiger charge is 2.32. The summed E-state index contributed by atoms with van der Waals surface area (Å²) in [7, 11) is 0. The van der Waals surface area contributed by atoms with Crippen LogP contribution in [-0.2, 0) is 4.79 Å². The van der Waals surface area contributed by atoms with Gasteiger partial charge in [-0.25, -0.2) is 0 Å². The molecule has 1 amide bonds. The van der Waals surface area contributed by atoms with Crippen LogP contribution in [0.25, 0.3) is 0 Å². The first-order valence-corrected chi connectivity index (χ1v) is 7.12. The molecular weight excluding hydrogens is 224 g/mol. The summed E-state index contributed by atoms with van der Waals surface area (Å²) in [4.78, 5) is 14.4. The van der Waals surface area contributed by atoms with E-state index in [0.29, 0.717) is 5.91 Å². The van der Waals surface area contributed by atoms with Crippen molar-refractivity contribution in [1.29, 1.82) is 0 Å². The molecule has 2 unspecified atom stereocenters. The second-order valence-electron chi connectivity index (χ2n) is 6.78. The Bertz CT molecular complexity index is 354. The van der Waals surface area contributed by atoms with Gasteiger partial charge in [0, 0.05) is 25.0 Å². The number of nitrogens with two attached hydrogens (primary N) is 1. The minimum Gasteiger partial charge on any atom is -0.338 e. The summed E-state index contributed by atoms with van der Waals surface area (Å²) >= 11 is 0. The number of nitrogens with zero attached hydrogens (tertiary/aromatic N) is 1. The summed E-state index contributed by atoms with van der Waals surface area (Å²) in [5.41, 5.74) is 7.61. The minimum atomic E-state index is 0.185. The van der Waals surface area contributed by atoms with Gasteiger partial charge in [0.1, 0.15) is 0 Å². The zero-order valence-electron chi connectivity index (χ0n) is 11.9. The van der Waals surface area contributed by atoms with Crippen LogP contribution in [0.1, 0.15) is 46.5 Å². The summed E-state index contributed by atoms with van der Waals surface area (Å²) in [5, 5.41) is 0. The van der Waals surface area contributed by atoms with Crippen LogP contribution in [0.4, 0.5) is 0 Å². The lowest BCUT2D eigenvalue weighted by atomic mass is 9.83. The predicted octanol–water partition coefficient (Wildman–Crippen LogP) is 2.32. The Morgan fingerprint density at radius 1 is 1.39 bits per heavy atom. The molecule has 2 aliphatic rings. The summed E-state index contributed by atoms with van der Waals surface area (Å²) in [5.74, 6) is 0.511. The van der Waals surface area contributed by atoms with Crippen molar-refractivity contribution < 1.29 is 4.79 Å². The van der Waals surface area contributed by atoms with Crippen LogP contribution in [-0.4, -0.2) is 29.9 Å². The van der Waals surface area contributed by atoms with E-state index in [0.717, 1.165) is 38.8 Å². The molecule has 102 valence electrons. The monoisotopic (exact) mass is 250 g/mol. The third-order valence-electron chi connectivity index (χ3n) is 4.31. The highest BCUT2D eigenvalue weighted by Crippen LogP contribution is 2.32. The zero-order chi connectivity index (χ0) is 13.3. The minimum absolute atomic E-state index is 0.185. The molecule has 0 aromatic heterocycles. The quantitative estimate of drug-likeness (QED) is 0.726. The Labute approximate surface area is 110 Å². The van der Waals surface area contributed by atoms with Crippen molar-refractivity contribution in [3.05, 3.63) is 11.6 Å². The Balaban J connectivity index is 1.93. The summed E-state index contributed by atoms with van der Waals surface area (Å²) in [6, 6.07) is 0.240. The van der Waals surface area contributed by atoms with E-state index in [4.69, 9.17) is 5.73 Å². The molecule has 1 fully saturated rings. The van der Waals surface area contributed by atoms with E-state index in [1.54, 1.807) is 0 Å². The Morgan fingerprint density at radius 2 is 2.11 bits per heavy atom. The average Bonchev–Trinajstić information content (AvgIpc) is 2.74. The summed E-state index contributed by atoms with van der Waals surface area (Å²) < 4.78 is 0. The number of rotatable bonds is 1. The fourth-order valence-electron chi connectivity index (χ4n) is 3.05. The van der Waals surface area contributed by atoms with Gasteiger partial charge in [0.05, 0.1) is 0 Å². The number of hydrogen-bond donors (Lipinski definition) is 1. The van der Waals surface area contributed by atoms with E-state index in [1.807, 2.05) is 4.90 Å². The van der Waals surface area contributed by atoms with Gasteiger partial charge in [-0.3, -0.25) is 4.79 Å². The molecule has 0 spiro atoms. The number of carbonyl (C=O) groups is 1. The van der Waals surface area contributed by atoms with Crippen LogP contribution in [0.5, 0.6) is 0 Å². The lowest BCUT2D eigenvalue weighted by Crippen LogP contribution is -2.39. The molecule has 0 bridgehead atoms. The predicted molar refractivity (Wildman–Crippen MR) is 74.1 cm³/mol. The molecule has 1 heterocycles. The normalized spacial score (nSPS) is 29.3. The van der Waals surface area contributed by atoms with Crippen LogP contribution >= 0.6 is 0 Å². The average molecular weight is 250 g/mol. The number of hydrogen-bond acceptors (Lipinski definition) is 2. The molecule has 2 N–H and O–H groups in total. The number of amides is 1. The van der Waals surface area contributed by atoms with Crippen molar-refractivity contribution in [2.24, 2.45) is 17.1 Å². The lowest BCUT2D eigenvalue weighted by Gasteiger charge is -2.33. The molecule has 0 radical (unpaired) electrons. The van der Waals surface area contributed by atoms with E-state index in [9.17, 15) is 4.79 Å². The second-order valence-corrected chi connectivity index (χ2v) is 6.78. The Hall–Kier alpha value is -0.830. The Morgan fingerprint density at radius 3 is 2.56 bits per heavy atom. The maximum Gasteiger partial charge on any atom is 0.226 e. The lowest BCUT2D eigenvalue weighted by molar-refractivity contribution is -0.135. The van der Waals surface area contributed by atoms with Crippen LogP contribution in [0.2, 0.25) is 0 Å². The summed E-state index contributed by atoms with van der Waals surface area (Å²) in [6.07, 6.45) is 6.13. The first-order valence-electron chi connectivity index (χ1n) is 7.12. The van der Waals surface area contributed by atoms with Gasteiger partial charge in [-0.15, -0.1) is 0 Å². The first kappa shape index (κ1) is 13.6. The second kappa shape index (κ2) is 5.04. The smallest absolute Gasteiger partial charge is 0.226 e. The largest absolute Gasteiger partial charge is 0.338 e. The van der Waals surface area contributed by atoms with Crippen LogP contribution in [0.3, 0.4) is 0 Å².